The quantitative estimate of drug-likeness (QED) is 0.611. The lowest BCUT2D eigenvalue weighted by molar-refractivity contribution is -0.149. The van der Waals surface area contributed by atoms with Crippen molar-refractivity contribution in [3.63, 3.8) is 0 Å². The minimum atomic E-state index is -0.975. The molecule has 1 heterocycles. The first-order chi connectivity index (χ1) is 8.50. The lowest BCUT2D eigenvalue weighted by Gasteiger charge is -2.14. The van der Waals surface area contributed by atoms with E-state index in [1.165, 1.54) is 12.1 Å². The summed E-state index contributed by atoms with van der Waals surface area (Å²) in [5.74, 6) is -0.711. The largest absolute Gasteiger partial charge is 0.464 e. The summed E-state index contributed by atoms with van der Waals surface area (Å²) in [6.07, 6.45) is 0.499. The molecule has 0 aliphatic carbocycles. The van der Waals surface area contributed by atoms with E-state index in [1.54, 1.807) is 26.0 Å². The van der Waals surface area contributed by atoms with Gasteiger partial charge in [0.2, 0.25) is 0 Å². The van der Waals surface area contributed by atoms with Gasteiger partial charge in [-0.1, -0.05) is 19.1 Å². The second-order valence-corrected chi connectivity index (χ2v) is 4.55. The number of carbonyl (C=O) groups is 1. The Morgan fingerprint density at radius 3 is 2.72 bits per heavy atom. The van der Waals surface area contributed by atoms with Crippen LogP contribution in [0.25, 0.3) is 0 Å². The summed E-state index contributed by atoms with van der Waals surface area (Å²) in [4.78, 5) is 12.0. The van der Waals surface area contributed by atoms with E-state index in [-0.39, 0.29) is 11.8 Å². The molecule has 0 spiro atoms. The van der Waals surface area contributed by atoms with Crippen LogP contribution in [0.4, 0.5) is 4.39 Å². The summed E-state index contributed by atoms with van der Waals surface area (Å²) in [6.45, 7) is 5.72. The summed E-state index contributed by atoms with van der Waals surface area (Å²) in [6, 6.07) is 6.15. The third kappa shape index (κ3) is 1.72. The van der Waals surface area contributed by atoms with Crippen LogP contribution in [0.2, 0.25) is 0 Å². The van der Waals surface area contributed by atoms with Gasteiger partial charge in [-0.25, -0.2) is 9.18 Å². The number of rotatable bonds is 4. The van der Waals surface area contributed by atoms with E-state index < -0.39 is 11.2 Å². The summed E-state index contributed by atoms with van der Waals surface area (Å²) in [5.41, 5.74) is -1.11. The van der Waals surface area contributed by atoms with Crippen molar-refractivity contribution < 1.29 is 18.7 Å². The predicted octanol–water partition coefficient (Wildman–Crippen LogP) is 2.78. The number of hydrogen-bond donors (Lipinski definition) is 0. The van der Waals surface area contributed by atoms with Crippen LogP contribution >= 0.6 is 0 Å². The van der Waals surface area contributed by atoms with Crippen LogP contribution in [-0.2, 0) is 19.9 Å². The monoisotopic (exact) mass is 252 g/mol. The second-order valence-electron chi connectivity index (χ2n) is 4.55. The highest BCUT2D eigenvalue weighted by Crippen LogP contribution is 2.58. The zero-order valence-electron chi connectivity index (χ0n) is 10.8. The molecule has 0 saturated carbocycles. The Hall–Kier alpha value is -1.42. The molecule has 0 amide bonds. The van der Waals surface area contributed by atoms with Gasteiger partial charge in [-0.3, -0.25) is 0 Å². The van der Waals surface area contributed by atoms with Crippen molar-refractivity contribution in [2.45, 2.75) is 38.4 Å². The van der Waals surface area contributed by atoms with Gasteiger partial charge in [0.05, 0.1) is 6.61 Å². The highest BCUT2D eigenvalue weighted by Gasteiger charge is 2.72. The molecule has 1 saturated heterocycles. The fraction of sp³-hybridized carbons (Fsp3) is 0.500. The van der Waals surface area contributed by atoms with Crippen molar-refractivity contribution in [1.29, 1.82) is 0 Å². The minimum absolute atomic E-state index is 0.309. The van der Waals surface area contributed by atoms with Crippen molar-refractivity contribution in [3.8, 4) is 0 Å². The van der Waals surface area contributed by atoms with Gasteiger partial charge in [0.25, 0.3) is 0 Å². The Morgan fingerprint density at radius 1 is 1.44 bits per heavy atom. The maximum atomic E-state index is 13.3. The minimum Gasteiger partial charge on any atom is -0.464 e. The molecule has 0 radical (unpaired) electrons. The third-order valence-corrected chi connectivity index (χ3v) is 3.59. The maximum Gasteiger partial charge on any atom is 0.341 e. The Kier molecular flexibility index (Phi) is 3.15. The normalized spacial score (nSPS) is 30.0. The van der Waals surface area contributed by atoms with Gasteiger partial charge in [0.15, 0.2) is 5.60 Å². The third-order valence-electron chi connectivity index (χ3n) is 3.59. The van der Waals surface area contributed by atoms with E-state index in [0.29, 0.717) is 18.6 Å². The summed E-state index contributed by atoms with van der Waals surface area (Å²) in [5, 5.41) is 0. The average Bonchev–Trinajstić information content (AvgIpc) is 2.98. The molecule has 3 nitrogen and oxygen atoms in total. The molecule has 0 N–H and O–H groups in total. The molecule has 2 rings (SSSR count). The lowest BCUT2D eigenvalue weighted by atomic mass is 9.86. The highest BCUT2D eigenvalue weighted by atomic mass is 19.1. The number of carbonyl (C=O) groups excluding carboxylic acids is 1. The van der Waals surface area contributed by atoms with Crippen LogP contribution in [0.1, 0.15) is 32.8 Å². The fourth-order valence-corrected chi connectivity index (χ4v) is 2.44. The molecule has 98 valence electrons. The molecule has 4 heteroatoms. The molecular formula is C14H17FO3. The number of esters is 1. The molecule has 1 aliphatic rings. The second kappa shape index (κ2) is 4.35. The number of halogens is 1. The van der Waals surface area contributed by atoms with Crippen molar-refractivity contribution >= 4 is 5.97 Å². The molecule has 0 aromatic heterocycles. The molecule has 18 heavy (non-hydrogen) atoms. The Bertz CT molecular complexity index is 474. The van der Waals surface area contributed by atoms with Crippen LogP contribution in [-0.4, -0.2) is 18.2 Å². The first kappa shape index (κ1) is 13.0. The van der Waals surface area contributed by atoms with Crippen LogP contribution in [0.5, 0.6) is 0 Å². The van der Waals surface area contributed by atoms with E-state index in [9.17, 15) is 9.18 Å². The molecule has 2 unspecified atom stereocenters. The molecule has 1 aromatic carbocycles. The van der Waals surface area contributed by atoms with Crippen molar-refractivity contribution in [2.24, 2.45) is 0 Å². The topological polar surface area (TPSA) is 38.8 Å². The first-order valence-electron chi connectivity index (χ1n) is 6.13. The van der Waals surface area contributed by atoms with E-state index in [2.05, 4.69) is 0 Å². The lowest BCUT2D eigenvalue weighted by Crippen LogP contribution is -2.32. The smallest absolute Gasteiger partial charge is 0.341 e. The molecule has 1 aliphatic heterocycles. The first-order valence-corrected chi connectivity index (χ1v) is 6.13. The van der Waals surface area contributed by atoms with E-state index in [0.717, 1.165) is 0 Å². The summed E-state index contributed by atoms with van der Waals surface area (Å²) >= 11 is 0. The van der Waals surface area contributed by atoms with E-state index in [1.807, 2.05) is 6.92 Å². The van der Waals surface area contributed by atoms with Crippen LogP contribution < -0.4 is 0 Å². The SMILES string of the molecule is CCOC(=O)C1(CC)OC1(C)c1cccc(F)c1. The van der Waals surface area contributed by atoms with Gasteiger partial charge < -0.3 is 9.47 Å². The number of hydrogen-bond acceptors (Lipinski definition) is 3. The van der Waals surface area contributed by atoms with E-state index in [4.69, 9.17) is 9.47 Å². The van der Waals surface area contributed by atoms with E-state index >= 15 is 0 Å². The number of benzene rings is 1. The van der Waals surface area contributed by atoms with Crippen molar-refractivity contribution in [3.05, 3.63) is 35.6 Å². The predicted molar refractivity (Wildman–Crippen MR) is 64.5 cm³/mol. The molecular weight excluding hydrogens is 235 g/mol. The van der Waals surface area contributed by atoms with Crippen LogP contribution in [0, 0.1) is 5.82 Å². The van der Waals surface area contributed by atoms with Crippen molar-refractivity contribution in [1.82, 2.24) is 0 Å². The van der Waals surface area contributed by atoms with Gasteiger partial charge in [-0.15, -0.1) is 0 Å². The summed E-state index contributed by atoms with van der Waals surface area (Å²) < 4.78 is 24.0. The Labute approximate surface area is 106 Å². The number of ether oxygens (including phenoxy) is 2. The van der Waals surface area contributed by atoms with Gasteiger partial charge >= 0.3 is 5.97 Å². The molecule has 0 bridgehead atoms. The zero-order valence-corrected chi connectivity index (χ0v) is 10.8. The average molecular weight is 252 g/mol. The molecule has 1 fully saturated rings. The fourth-order valence-electron chi connectivity index (χ4n) is 2.44. The summed E-state index contributed by atoms with van der Waals surface area (Å²) in [7, 11) is 0. The number of epoxide rings is 1. The zero-order chi connectivity index (χ0) is 13.4. The Morgan fingerprint density at radius 2 is 2.17 bits per heavy atom. The van der Waals surface area contributed by atoms with Gasteiger partial charge in [-0.05, 0) is 38.0 Å². The van der Waals surface area contributed by atoms with Gasteiger partial charge in [0.1, 0.15) is 11.4 Å². The van der Waals surface area contributed by atoms with Gasteiger partial charge in [-0.2, -0.15) is 0 Å². The van der Waals surface area contributed by atoms with Gasteiger partial charge in [0, 0.05) is 0 Å². The van der Waals surface area contributed by atoms with Crippen molar-refractivity contribution in [2.75, 3.05) is 6.61 Å². The standard InChI is InChI=1S/C14H17FO3/c1-4-14(12(16)17-5-2)13(3,18-14)10-7-6-8-11(15)9-10/h6-9H,4-5H2,1-3H3. The maximum absolute atomic E-state index is 13.3. The Balaban J connectivity index is 2.32. The van der Waals surface area contributed by atoms with Crippen LogP contribution in [0.15, 0.2) is 24.3 Å². The molecule has 2 atom stereocenters. The molecule has 1 aromatic rings. The van der Waals surface area contributed by atoms with Crippen LogP contribution in [0.3, 0.4) is 0 Å². The highest BCUT2D eigenvalue weighted by molar-refractivity contribution is 5.85.